The Bertz CT molecular complexity index is 1460. The zero-order valence-corrected chi connectivity index (χ0v) is 21.8. The highest BCUT2D eigenvalue weighted by atomic mass is 35.5. The van der Waals surface area contributed by atoms with Gasteiger partial charge in [0.05, 0.1) is 22.0 Å². The third kappa shape index (κ3) is 6.35. The van der Waals surface area contributed by atoms with Crippen LogP contribution in [0.5, 0.6) is 0 Å². The summed E-state index contributed by atoms with van der Waals surface area (Å²) in [6.45, 7) is 4.03. The van der Waals surface area contributed by atoms with Gasteiger partial charge in [0.1, 0.15) is 0 Å². The van der Waals surface area contributed by atoms with Gasteiger partial charge in [0, 0.05) is 48.8 Å². The van der Waals surface area contributed by atoms with Crippen LogP contribution in [0.4, 0.5) is 35.0 Å². The number of amides is 2. The molecule has 3 N–H and O–H groups in total. The van der Waals surface area contributed by atoms with Gasteiger partial charge in [0.15, 0.2) is 0 Å². The number of halogens is 4. The Hall–Kier alpha value is -4.02. The Morgan fingerprint density at radius 2 is 1.59 bits per heavy atom. The minimum Gasteiger partial charge on any atom is -0.369 e. The molecule has 4 aromatic rings. The number of anilines is 3. The molecule has 0 spiro atoms. The molecule has 0 atom stereocenters. The summed E-state index contributed by atoms with van der Waals surface area (Å²) in [6, 6.07) is 19.9. The number of H-pyrrole nitrogens is 1. The highest BCUT2D eigenvalue weighted by molar-refractivity contribution is 6.31. The molecule has 1 fully saturated rings. The van der Waals surface area contributed by atoms with Gasteiger partial charge >= 0.3 is 12.2 Å². The van der Waals surface area contributed by atoms with E-state index >= 15 is 0 Å². The molecular formula is C28H26ClF3N6O. The smallest absolute Gasteiger partial charge is 0.369 e. The number of likely N-dealkylation sites (N-methyl/N-ethyl adjacent to an activating group) is 1. The molecule has 2 heterocycles. The first-order valence-corrected chi connectivity index (χ1v) is 12.7. The summed E-state index contributed by atoms with van der Waals surface area (Å²) in [5.74, 6) is 0. The van der Waals surface area contributed by atoms with E-state index in [2.05, 4.69) is 49.8 Å². The lowest BCUT2D eigenvalue weighted by Gasteiger charge is -2.34. The molecule has 2 amide bonds. The van der Waals surface area contributed by atoms with Crippen molar-refractivity contribution in [1.29, 1.82) is 0 Å². The van der Waals surface area contributed by atoms with E-state index < -0.39 is 22.8 Å². The van der Waals surface area contributed by atoms with Gasteiger partial charge in [-0.05, 0) is 61.1 Å². The van der Waals surface area contributed by atoms with Crippen molar-refractivity contribution in [3.8, 4) is 22.5 Å². The van der Waals surface area contributed by atoms with E-state index in [0.29, 0.717) is 5.69 Å². The number of piperazine rings is 1. The minimum atomic E-state index is -4.62. The van der Waals surface area contributed by atoms with Crippen molar-refractivity contribution < 1.29 is 18.0 Å². The van der Waals surface area contributed by atoms with Crippen molar-refractivity contribution in [2.24, 2.45) is 0 Å². The number of carbonyl (C=O) groups excluding carboxylic acids is 1. The molecule has 0 radical (unpaired) electrons. The molecule has 0 saturated carbocycles. The van der Waals surface area contributed by atoms with Gasteiger partial charge < -0.3 is 20.4 Å². The van der Waals surface area contributed by atoms with Gasteiger partial charge in [-0.3, -0.25) is 5.10 Å². The zero-order chi connectivity index (χ0) is 27.6. The molecule has 202 valence electrons. The first kappa shape index (κ1) is 26.6. The Labute approximate surface area is 228 Å². The number of rotatable bonds is 5. The van der Waals surface area contributed by atoms with Gasteiger partial charge in [0.2, 0.25) is 0 Å². The Morgan fingerprint density at radius 1 is 0.897 bits per heavy atom. The molecule has 39 heavy (non-hydrogen) atoms. The molecule has 1 aliphatic rings. The summed E-state index contributed by atoms with van der Waals surface area (Å²) in [6.07, 6.45) is -4.62. The highest BCUT2D eigenvalue weighted by Gasteiger charge is 2.33. The van der Waals surface area contributed by atoms with E-state index in [0.717, 1.165) is 60.8 Å². The number of alkyl halides is 3. The van der Waals surface area contributed by atoms with Crippen molar-refractivity contribution in [3.63, 3.8) is 0 Å². The molecule has 0 unspecified atom stereocenters. The number of nitrogens with one attached hydrogen (secondary N) is 3. The number of hydrogen-bond donors (Lipinski definition) is 3. The second-order valence-electron chi connectivity index (χ2n) is 9.36. The van der Waals surface area contributed by atoms with Crippen molar-refractivity contribution in [3.05, 3.63) is 83.4 Å². The number of aromatic amines is 1. The van der Waals surface area contributed by atoms with Crippen LogP contribution in [0, 0.1) is 0 Å². The SMILES string of the molecule is CN1CCN(c2cccc(-c3cc(-c4ccc(NC(=O)Nc5ccc(Cl)c(C(F)(F)F)c5)cc4)[nH]n3)c2)CC1. The predicted octanol–water partition coefficient (Wildman–Crippen LogP) is 6.81. The van der Waals surface area contributed by atoms with Crippen molar-refractivity contribution >= 4 is 34.7 Å². The van der Waals surface area contributed by atoms with E-state index in [1.54, 1.807) is 12.1 Å². The standard InChI is InChI=1S/C28H26ClF3N6O/c1-37-11-13-38(14-12-37)22-4-2-3-19(15-22)26-17-25(35-36-26)18-5-7-20(8-6-18)33-27(39)34-21-9-10-24(29)23(16-21)28(30,31)32/h2-10,15-17H,11-14H2,1H3,(H,35,36)(H2,33,34,39). The number of carbonyl (C=O) groups is 1. The number of urea groups is 1. The summed E-state index contributed by atoms with van der Waals surface area (Å²) in [5, 5.41) is 12.1. The highest BCUT2D eigenvalue weighted by Crippen LogP contribution is 2.36. The number of nitrogens with zero attached hydrogens (tertiary/aromatic N) is 3. The van der Waals surface area contributed by atoms with Crippen molar-refractivity contribution in [1.82, 2.24) is 15.1 Å². The zero-order valence-electron chi connectivity index (χ0n) is 21.0. The van der Waals surface area contributed by atoms with Crippen LogP contribution >= 0.6 is 11.6 Å². The summed E-state index contributed by atoms with van der Waals surface area (Å²) >= 11 is 5.63. The predicted molar refractivity (Wildman–Crippen MR) is 148 cm³/mol. The average Bonchev–Trinajstić information content (AvgIpc) is 3.41. The number of aromatic nitrogens is 2. The van der Waals surface area contributed by atoms with E-state index in [4.69, 9.17) is 11.6 Å². The number of hydrogen-bond acceptors (Lipinski definition) is 4. The van der Waals surface area contributed by atoms with Crippen LogP contribution in [-0.4, -0.2) is 54.4 Å². The summed E-state index contributed by atoms with van der Waals surface area (Å²) in [5.41, 5.74) is 4.12. The molecular weight excluding hydrogens is 529 g/mol. The third-order valence-corrected chi connectivity index (χ3v) is 6.90. The largest absolute Gasteiger partial charge is 0.417 e. The van der Waals surface area contributed by atoms with Crippen LogP contribution in [0.25, 0.3) is 22.5 Å². The van der Waals surface area contributed by atoms with Crippen molar-refractivity contribution in [2.45, 2.75) is 6.18 Å². The minimum absolute atomic E-state index is 0.0254. The molecule has 1 saturated heterocycles. The van der Waals surface area contributed by atoms with E-state index in [1.807, 2.05) is 30.3 Å². The lowest BCUT2D eigenvalue weighted by Crippen LogP contribution is -2.44. The monoisotopic (exact) mass is 554 g/mol. The molecule has 11 heteroatoms. The van der Waals surface area contributed by atoms with Crippen LogP contribution in [0.2, 0.25) is 5.02 Å². The fraction of sp³-hybridized carbons (Fsp3) is 0.214. The second-order valence-corrected chi connectivity index (χ2v) is 9.76. The molecule has 5 rings (SSSR count). The summed E-state index contributed by atoms with van der Waals surface area (Å²) < 4.78 is 39.2. The maximum atomic E-state index is 13.1. The van der Waals surface area contributed by atoms with E-state index in [1.165, 1.54) is 11.8 Å². The van der Waals surface area contributed by atoms with Crippen LogP contribution < -0.4 is 15.5 Å². The fourth-order valence-corrected chi connectivity index (χ4v) is 4.62. The topological polar surface area (TPSA) is 76.3 Å². The normalized spacial score (nSPS) is 14.3. The van der Waals surface area contributed by atoms with Gasteiger partial charge in [-0.15, -0.1) is 0 Å². The van der Waals surface area contributed by atoms with E-state index in [9.17, 15) is 18.0 Å². The Kier molecular flexibility index (Phi) is 7.49. The lowest BCUT2D eigenvalue weighted by molar-refractivity contribution is -0.137. The van der Waals surface area contributed by atoms with Crippen LogP contribution in [0.1, 0.15) is 5.56 Å². The van der Waals surface area contributed by atoms with E-state index in [-0.39, 0.29) is 5.69 Å². The maximum Gasteiger partial charge on any atom is 0.417 e. The van der Waals surface area contributed by atoms with Crippen molar-refractivity contribution in [2.75, 3.05) is 48.8 Å². The average molecular weight is 555 g/mol. The number of benzene rings is 3. The first-order chi connectivity index (χ1) is 18.7. The quantitative estimate of drug-likeness (QED) is 0.253. The van der Waals surface area contributed by atoms with Crippen LogP contribution in [0.15, 0.2) is 72.8 Å². The van der Waals surface area contributed by atoms with Crippen LogP contribution in [-0.2, 0) is 6.18 Å². The molecule has 0 aliphatic carbocycles. The second kappa shape index (κ2) is 11.0. The fourth-order valence-electron chi connectivity index (χ4n) is 4.39. The van der Waals surface area contributed by atoms with Gasteiger partial charge in [0.25, 0.3) is 0 Å². The third-order valence-electron chi connectivity index (χ3n) is 6.57. The first-order valence-electron chi connectivity index (χ1n) is 12.3. The molecule has 1 aliphatic heterocycles. The molecule has 0 bridgehead atoms. The maximum absolute atomic E-state index is 13.1. The molecule has 1 aromatic heterocycles. The lowest BCUT2D eigenvalue weighted by atomic mass is 10.1. The van der Waals surface area contributed by atoms with Gasteiger partial charge in [-0.1, -0.05) is 35.9 Å². The Morgan fingerprint density at radius 3 is 2.31 bits per heavy atom. The van der Waals surface area contributed by atoms with Gasteiger partial charge in [-0.2, -0.15) is 18.3 Å². The van der Waals surface area contributed by atoms with Crippen LogP contribution in [0.3, 0.4) is 0 Å². The Balaban J connectivity index is 1.23. The summed E-state index contributed by atoms with van der Waals surface area (Å²) in [7, 11) is 2.13. The summed E-state index contributed by atoms with van der Waals surface area (Å²) in [4.78, 5) is 17.0. The van der Waals surface area contributed by atoms with Gasteiger partial charge in [-0.25, -0.2) is 4.79 Å². The molecule has 7 nitrogen and oxygen atoms in total. The molecule has 3 aromatic carbocycles.